The molecule has 0 saturated carbocycles. The lowest BCUT2D eigenvalue weighted by Crippen LogP contribution is -2.53. The molecule has 6 nitrogen and oxygen atoms in total. The SMILES string of the molecule is [N-]=[N+]=NCC(=O)N1CCC[C@@]2(CCCCO2)C1. The van der Waals surface area contributed by atoms with Gasteiger partial charge in [-0.3, -0.25) is 4.79 Å². The van der Waals surface area contributed by atoms with Gasteiger partial charge in [0.25, 0.3) is 0 Å². The van der Waals surface area contributed by atoms with Crippen LogP contribution in [0.25, 0.3) is 10.4 Å². The molecule has 1 atom stereocenters. The van der Waals surface area contributed by atoms with Crippen LogP contribution < -0.4 is 0 Å². The first kappa shape index (κ1) is 12.2. The quantitative estimate of drug-likeness (QED) is 0.418. The van der Waals surface area contributed by atoms with E-state index in [0.29, 0.717) is 6.54 Å². The van der Waals surface area contributed by atoms with Crippen molar-refractivity contribution in [2.24, 2.45) is 5.11 Å². The maximum absolute atomic E-state index is 11.8. The number of carbonyl (C=O) groups is 1. The van der Waals surface area contributed by atoms with Gasteiger partial charge < -0.3 is 9.64 Å². The van der Waals surface area contributed by atoms with Crippen molar-refractivity contribution in [3.63, 3.8) is 0 Å². The highest BCUT2D eigenvalue weighted by Gasteiger charge is 2.38. The van der Waals surface area contributed by atoms with Gasteiger partial charge in [0.2, 0.25) is 5.91 Å². The Morgan fingerprint density at radius 1 is 1.41 bits per heavy atom. The highest BCUT2D eigenvalue weighted by atomic mass is 16.5. The van der Waals surface area contributed by atoms with Crippen LogP contribution in [0.4, 0.5) is 0 Å². The van der Waals surface area contributed by atoms with Crippen molar-refractivity contribution in [3.8, 4) is 0 Å². The number of rotatable bonds is 2. The van der Waals surface area contributed by atoms with Crippen LogP contribution in [-0.4, -0.2) is 42.6 Å². The molecular formula is C11H18N4O2. The van der Waals surface area contributed by atoms with Crippen molar-refractivity contribution >= 4 is 5.91 Å². The van der Waals surface area contributed by atoms with Crippen molar-refractivity contribution in [1.29, 1.82) is 0 Å². The Kier molecular flexibility index (Phi) is 3.86. The Morgan fingerprint density at radius 3 is 2.94 bits per heavy atom. The minimum absolute atomic E-state index is 0.0768. The molecule has 0 aromatic carbocycles. The molecule has 0 radical (unpaired) electrons. The molecule has 1 amide bonds. The second kappa shape index (κ2) is 5.38. The van der Waals surface area contributed by atoms with E-state index in [0.717, 1.165) is 38.8 Å². The van der Waals surface area contributed by atoms with E-state index in [1.807, 2.05) is 0 Å². The third kappa shape index (κ3) is 2.90. The zero-order chi connectivity index (χ0) is 12.1. The van der Waals surface area contributed by atoms with E-state index in [4.69, 9.17) is 10.3 Å². The van der Waals surface area contributed by atoms with Crippen molar-refractivity contribution in [2.75, 3.05) is 26.2 Å². The lowest BCUT2D eigenvalue weighted by molar-refractivity contribution is -0.147. The van der Waals surface area contributed by atoms with Gasteiger partial charge >= 0.3 is 0 Å². The predicted octanol–water partition coefficient (Wildman–Crippen LogP) is 1.86. The summed E-state index contributed by atoms with van der Waals surface area (Å²) in [6, 6.07) is 0. The van der Waals surface area contributed by atoms with Gasteiger partial charge in [-0.1, -0.05) is 5.11 Å². The van der Waals surface area contributed by atoms with E-state index in [1.165, 1.54) is 6.42 Å². The van der Waals surface area contributed by atoms with Gasteiger partial charge in [-0.15, -0.1) is 0 Å². The number of hydrogen-bond donors (Lipinski definition) is 0. The third-order valence-electron chi connectivity index (χ3n) is 3.60. The highest BCUT2D eigenvalue weighted by molar-refractivity contribution is 5.78. The summed E-state index contributed by atoms with van der Waals surface area (Å²) >= 11 is 0. The normalized spacial score (nSPS) is 28.8. The van der Waals surface area contributed by atoms with E-state index in [1.54, 1.807) is 4.90 Å². The largest absolute Gasteiger partial charge is 0.373 e. The Morgan fingerprint density at radius 2 is 2.24 bits per heavy atom. The molecule has 0 unspecified atom stereocenters. The fourth-order valence-corrected chi connectivity index (χ4v) is 2.73. The van der Waals surface area contributed by atoms with E-state index >= 15 is 0 Å². The van der Waals surface area contributed by atoms with E-state index in [9.17, 15) is 4.79 Å². The topological polar surface area (TPSA) is 78.3 Å². The minimum Gasteiger partial charge on any atom is -0.373 e. The molecule has 94 valence electrons. The third-order valence-corrected chi connectivity index (χ3v) is 3.60. The lowest BCUT2D eigenvalue weighted by atomic mass is 9.86. The zero-order valence-electron chi connectivity index (χ0n) is 9.97. The summed E-state index contributed by atoms with van der Waals surface area (Å²) in [4.78, 5) is 16.2. The first-order valence-corrected chi connectivity index (χ1v) is 6.18. The number of likely N-dealkylation sites (tertiary alicyclic amines) is 1. The number of hydrogen-bond acceptors (Lipinski definition) is 3. The number of piperidine rings is 1. The molecule has 6 heteroatoms. The number of amides is 1. The van der Waals surface area contributed by atoms with Crippen molar-refractivity contribution in [2.45, 2.75) is 37.7 Å². The maximum Gasteiger partial charge on any atom is 0.228 e. The van der Waals surface area contributed by atoms with Crippen LogP contribution in [0.2, 0.25) is 0 Å². The molecule has 2 fully saturated rings. The van der Waals surface area contributed by atoms with Crippen LogP contribution >= 0.6 is 0 Å². The van der Waals surface area contributed by atoms with Gasteiger partial charge in [0.15, 0.2) is 0 Å². The molecule has 2 saturated heterocycles. The van der Waals surface area contributed by atoms with Crippen LogP contribution in [0.1, 0.15) is 32.1 Å². The van der Waals surface area contributed by atoms with Crippen molar-refractivity contribution in [3.05, 3.63) is 10.4 Å². The van der Waals surface area contributed by atoms with Crippen molar-refractivity contribution < 1.29 is 9.53 Å². The Balaban J connectivity index is 1.96. The van der Waals surface area contributed by atoms with Crippen LogP contribution in [0, 0.1) is 0 Å². The summed E-state index contributed by atoms with van der Waals surface area (Å²) in [5, 5.41) is 3.33. The molecule has 0 aliphatic carbocycles. The molecule has 2 aliphatic heterocycles. The first-order valence-electron chi connectivity index (χ1n) is 6.18. The van der Waals surface area contributed by atoms with Gasteiger partial charge in [-0.05, 0) is 37.6 Å². The molecule has 2 rings (SSSR count). The molecule has 0 bridgehead atoms. The fraction of sp³-hybridized carbons (Fsp3) is 0.909. The van der Waals surface area contributed by atoms with Crippen LogP contribution in [0.3, 0.4) is 0 Å². The zero-order valence-corrected chi connectivity index (χ0v) is 9.97. The summed E-state index contributed by atoms with van der Waals surface area (Å²) in [5.74, 6) is -0.0870. The molecule has 0 N–H and O–H groups in total. The van der Waals surface area contributed by atoms with Crippen molar-refractivity contribution in [1.82, 2.24) is 4.90 Å². The number of azide groups is 1. The van der Waals surface area contributed by atoms with Crippen LogP contribution in [0.15, 0.2) is 5.11 Å². The molecule has 0 aromatic heterocycles. The molecule has 1 spiro atoms. The van der Waals surface area contributed by atoms with Crippen LogP contribution in [-0.2, 0) is 9.53 Å². The van der Waals surface area contributed by atoms with Gasteiger partial charge in [0, 0.05) is 24.6 Å². The molecular weight excluding hydrogens is 220 g/mol. The van der Waals surface area contributed by atoms with E-state index < -0.39 is 0 Å². The van der Waals surface area contributed by atoms with Crippen LogP contribution in [0.5, 0.6) is 0 Å². The van der Waals surface area contributed by atoms with Gasteiger partial charge in [-0.2, -0.15) is 0 Å². The predicted molar refractivity (Wildman–Crippen MR) is 62.4 cm³/mol. The van der Waals surface area contributed by atoms with Gasteiger partial charge in [-0.25, -0.2) is 0 Å². The smallest absolute Gasteiger partial charge is 0.228 e. The summed E-state index contributed by atoms with van der Waals surface area (Å²) < 4.78 is 5.89. The Bertz CT molecular complexity index is 327. The molecule has 2 heterocycles. The van der Waals surface area contributed by atoms with E-state index in [-0.39, 0.29) is 18.1 Å². The summed E-state index contributed by atoms with van der Waals surface area (Å²) in [6.07, 6.45) is 5.35. The second-order valence-electron chi connectivity index (χ2n) is 4.80. The number of ether oxygens (including phenoxy) is 1. The molecule has 17 heavy (non-hydrogen) atoms. The standard InChI is InChI=1S/C11H18N4O2/c12-14-13-8-10(16)15-6-3-5-11(9-15)4-1-2-7-17-11/h1-9H2/t11-/m0/s1. The van der Waals surface area contributed by atoms with E-state index in [2.05, 4.69) is 10.0 Å². The average molecular weight is 238 g/mol. The maximum atomic E-state index is 11.8. The summed E-state index contributed by atoms with van der Waals surface area (Å²) in [7, 11) is 0. The fourth-order valence-electron chi connectivity index (χ4n) is 2.73. The summed E-state index contributed by atoms with van der Waals surface area (Å²) in [5.41, 5.74) is 8.10. The monoisotopic (exact) mass is 238 g/mol. The van der Waals surface area contributed by atoms with Gasteiger partial charge in [0.1, 0.15) is 6.54 Å². The average Bonchev–Trinajstić information content (AvgIpc) is 2.37. The molecule has 2 aliphatic rings. The first-order chi connectivity index (χ1) is 8.26. The molecule has 0 aromatic rings. The minimum atomic E-state index is -0.123. The Hall–Kier alpha value is -1.26. The highest BCUT2D eigenvalue weighted by Crippen LogP contribution is 2.33. The Labute approximate surface area is 101 Å². The number of nitrogens with zero attached hydrogens (tertiary/aromatic N) is 4. The number of carbonyl (C=O) groups excluding carboxylic acids is 1. The second-order valence-corrected chi connectivity index (χ2v) is 4.80. The summed E-state index contributed by atoms with van der Waals surface area (Å²) in [6.45, 7) is 2.14. The van der Waals surface area contributed by atoms with Gasteiger partial charge in [0.05, 0.1) is 5.60 Å². The lowest BCUT2D eigenvalue weighted by Gasteiger charge is -2.44.